The van der Waals surface area contributed by atoms with Gasteiger partial charge in [0, 0.05) is 36.7 Å². The molecular formula is C23H23N5OS2. The summed E-state index contributed by atoms with van der Waals surface area (Å²) in [7, 11) is 0. The van der Waals surface area contributed by atoms with E-state index in [0.717, 1.165) is 17.0 Å². The lowest BCUT2D eigenvalue weighted by Crippen LogP contribution is -2.17. The lowest BCUT2D eigenvalue weighted by molar-refractivity contribution is -0.118. The van der Waals surface area contributed by atoms with Crippen LogP contribution in [0.1, 0.15) is 23.1 Å². The standard InChI is InChI=1S/C23H23N5OS2/c1-16-6-8-18(9-7-16)15-27-12-13-31-23(27)24-20(29)10-11-28-21(25-26-22(28)30)19-5-3-4-17(2)14-19/h3-9,12-14H,10-11,15H2,1-2H3,(H,26,30). The summed E-state index contributed by atoms with van der Waals surface area (Å²) in [5.74, 6) is 0.547. The van der Waals surface area contributed by atoms with Crippen LogP contribution in [0.5, 0.6) is 0 Å². The molecule has 2 aromatic heterocycles. The van der Waals surface area contributed by atoms with Gasteiger partial charge >= 0.3 is 0 Å². The Morgan fingerprint density at radius 3 is 2.74 bits per heavy atom. The van der Waals surface area contributed by atoms with Gasteiger partial charge in [0.2, 0.25) is 5.91 Å². The largest absolute Gasteiger partial charge is 0.319 e. The number of H-pyrrole nitrogens is 1. The van der Waals surface area contributed by atoms with E-state index in [1.54, 1.807) is 0 Å². The minimum atomic E-state index is -0.182. The van der Waals surface area contributed by atoms with Crippen LogP contribution >= 0.6 is 23.6 Å². The Morgan fingerprint density at radius 1 is 1.16 bits per heavy atom. The van der Waals surface area contributed by atoms with Crippen LogP contribution in [0.25, 0.3) is 11.4 Å². The fourth-order valence-corrected chi connectivity index (χ4v) is 4.27. The highest BCUT2D eigenvalue weighted by atomic mass is 32.1. The number of nitrogens with one attached hydrogen (secondary N) is 1. The summed E-state index contributed by atoms with van der Waals surface area (Å²) in [5, 5.41) is 9.13. The second-order valence-electron chi connectivity index (χ2n) is 7.43. The number of aromatic amines is 1. The molecule has 0 spiro atoms. The summed E-state index contributed by atoms with van der Waals surface area (Å²) in [5.41, 5.74) is 4.50. The van der Waals surface area contributed by atoms with E-state index >= 15 is 0 Å². The third-order valence-corrected chi connectivity index (χ3v) is 6.04. The highest BCUT2D eigenvalue weighted by Gasteiger charge is 2.11. The number of nitrogens with zero attached hydrogens (tertiary/aromatic N) is 4. The van der Waals surface area contributed by atoms with Crippen LogP contribution in [-0.2, 0) is 17.9 Å². The maximum Gasteiger partial charge on any atom is 0.250 e. The van der Waals surface area contributed by atoms with Crippen molar-refractivity contribution < 1.29 is 4.79 Å². The van der Waals surface area contributed by atoms with Crippen LogP contribution in [0.3, 0.4) is 0 Å². The number of aryl methyl sites for hydroxylation is 2. The fourth-order valence-electron chi connectivity index (χ4n) is 3.30. The first-order valence-electron chi connectivity index (χ1n) is 9.99. The molecule has 4 rings (SSSR count). The quantitative estimate of drug-likeness (QED) is 0.436. The Labute approximate surface area is 189 Å². The molecule has 0 aliphatic rings. The highest BCUT2D eigenvalue weighted by Crippen LogP contribution is 2.19. The molecule has 6 nitrogen and oxygen atoms in total. The van der Waals surface area contributed by atoms with E-state index in [1.807, 2.05) is 51.9 Å². The summed E-state index contributed by atoms with van der Waals surface area (Å²) in [6.45, 7) is 5.20. The molecule has 2 heterocycles. The van der Waals surface area contributed by atoms with Crippen molar-refractivity contribution in [2.45, 2.75) is 33.4 Å². The Bertz CT molecular complexity index is 1320. The zero-order valence-corrected chi connectivity index (χ0v) is 19.0. The van der Waals surface area contributed by atoms with Crippen molar-refractivity contribution in [3.05, 3.63) is 86.4 Å². The Kier molecular flexibility index (Phi) is 6.39. The Morgan fingerprint density at radius 2 is 1.97 bits per heavy atom. The fraction of sp³-hybridized carbons (Fsp3) is 0.217. The smallest absolute Gasteiger partial charge is 0.250 e. The molecule has 0 saturated heterocycles. The van der Waals surface area contributed by atoms with Crippen LogP contribution < -0.4 is 4.80 Å². The van der Waals surface area contributed by atoms with Crippen molar-refractivity contribution >= 4 is 29.5 Å². The van der Waals surface area contributed by atoms with E-state index < -0.39 is 0 Å². The van der Waals surface area contributed by atoms with Gasteiger partial charge in [-0.2, -0.15) is 10.1 Å². The number of rotatable bonds is 6. The van der Waals surface area contributed by atoms with Gasteiger partial charge in [-0.1, -0.05) is 53.6 Å². The molecule has 0 fully saturated rings. The van der Waals surface area contributed by atoms with Crippen molar-refractivity contribution in [2.24, 2.45) is 4.99 Å². The molecule has 31 heavy (non-hydrogen) atoms. The minimum Gasteiger partial charge on any atom is -0.319 e. The van der Waals surface area contributed by atoms with Gasteiger partial charge < -0.3 is 4.57 Å². The van der Waals surface area contributed by atoms with Crippen molar-refractivity contribution in [1.29, 1.82) is 0 Å². The van der Waals surface area contributed by atoms with Crippen LogP contribution in [0.4, 0.5) is 0 Å². The molecule has 4 aromatic rings. The third kappa shape index (κ3) is 5.15. The van der Waals surface area contributed by atoms with Gasteiger partial charge in [0.25, 0.3) is 0 Å². The lowest BCUT2D eigenvalue weighted by Gasteiger charge is -2.06. The number of aromatic nitrogens is 4. The van der Waals surface area contributed by atoms with E-state index in [0.29, 0.717) is 22.7 Å². The summed E-state index contributed by atoms with van der Waals surface area (Å²) in [6.07, 6.45) is 2.20. The molecule has 1 N–H and O–H groups in total. The Balaban J connectivity index is 1.49. The molecule has 0 aliphatic heterocycles. The normalized spacial score (nSPS) is 11.7. The zero-order valence-electron chi connectivity index (χ0n) is 17.4. The number of amides is 1. The molecule has 0 radical (unpaired) electrons. The second kappa shape index (κ2) is 9.36. The van der Waals surface area contributed by atoms with Gasteiger partial charge in [0.15, 0.2) is 15.4 Å². The summed E-state index contributed by atoms with van der Waals surface area (Å²) in [4.78, 5) is 17.7. The van der Waals surface area contributed by atoms with Gasteiger partial charge in [0.05, 0.1) is 0 Å². The van der Waals surface area contributed by atoms with Gasteiger partial charge in [-0.3, -0.25) is 14.5 Å². The van der Waals surface area contributed by atoms with Crippen molar-refractivity contribution in [1.82, 2.24) is 19.3 Å². The predicted molar refractivity (Wildman–Crippen MR) is 125 cm³/mol. The molecule has 158 valence electrons. The van der Waals surface area contributed by atoms with Crippen molar-refractivity contribution in [3.8, 4) is 11.4 Å². The lowest BCUT2D eigenvalue weighted by atomic mass is 10.1. The van der Waals surface area contributed by atoms with Crippen molar-refractivity contribution in [3.63, 3.8) is 0 Å². The number of hydrogen-bond donors (Lipinski definition) is 1. The topological polar surface area (TPSA) is 68.0 Å². The minimum absolute atomic E-state index is 0.182. The monoisotopic (exact) mass is 449 g/mol. The number of thiazole rings is 1. The first-order chi connectivity index (χ1) is 15.0. The van der Waals surface area contributed by atoms with E-state index in [2.05, 4.69) is 46.4 Å². The molecule has 0 saturated carbocycles. The molecule has 0 unspecified atom stereocenters. The third-order valence-electron chi connectivity index (χ3n) is 4.94. The summed E-state index contributed by atoms with van der Waals surface area (Å²) in [6, 6.07) is 16.4. The van der Waals surface area contributed by atoms with Crippen LogP contribution in [-0.4, -0.2) is 25.2 Å². The number of carbonyl (C=O) groups excluding carboxylic acids is 1. The molecule has 0 bridgehead atoms. The molecule has 8 heteroatoms. The zero-order chi connectivity index (χ0) is 21.8. The molecule has 1 amide bonds. The average molecular weight is 450 g/mol. The van der Waals surface area contributed by atoms with Crippen LogP contribution in [0, 0.1) is 18.6 Å². The Hall–Kier alpha value is -3.10. The first kappa shape index (κ1) is 21.1. The van der Waals surface area contributed by atoms with Crippen LogP contribution in [0.2, 0.25) is 0 Å². The predicted octanol–water partition coefficient (Wildman–Crippen LogP) is 4.65. The molecule has 2 aromatic carbocycles. The van der Waals surface area contributed by atoms with E-state index in [9.17, 15) is 4.79 Å². The summed E-state index contributed by atoms with van der Waals surface area (Å²) < 4.78 is 4.34. The maximum atomic E-state index is 12.6. The van der Waals surface area contributed by atoms with Gasteiger partial charge in [-0.25, -0.2) is 0 Å². The van der Waals surface area contributed by atoms with Gasteiger partial charge in [0.1, 0.15) is 0 Å². The summed E-state index contributed by atoms with van der Waals surface area (Å²) >= 11 is 6.84. The SMILES string of the molecule is Cc1ccc(Cn2ccsc2=NC(=O)CCn2c(-c3cccc(C)c3)n[nH]c2=S)cc1. The molecule has 0 aliphatic carbocycles. The number of carbonyl (C=O) groups is 1. The second-order valence-corrected chi connectivity index (χ2v) is 8.69. The van der Waals surface area contributed by atoms with Crippen LogP contribution in [0.15, 0.2) is 65.1 Å². The van der Waals surface area contributed by atoms with Gasteiger partial charge in [-0.15, -0.1) is 11.3 Å². The first-order valence-corrected chi connectivity index (χ1v) is 11.3. The van der Waals surface area contributed by atoms with Gasteiger partial charge in [-0.05, 0) is 37.7 Å². The van der Waals surface area contributed by atoms with Crippen molar-refractivity contribution in [2.75, 3.05) is 0 Å². The molecule has 0 atom stereocenters. The van der Waals surface area contributed by atoms with E-state index in [4.69, 9.17) is 12.2 Å². The number of benzene rings is 2. The molecular weight excluding hydrogens is 426 g/mol. The number of hydrogen-bond acceptors (Lipinski definition) is 4. The van der Waals surface area contributed by atoms with E-state index in [1.165, 1.54) is 22.5 Å². The highest BCUT2D eigenvalue weighted by molar-refractivity contribution is 7.71. The van der Waals surface area contributed by atoms with E-state index in [-0.39, 0.29) is 12.3 Å². The maximum absolute atomic E-state index is 12.6. The average Bonchev–Trinajstić information content (AvgIpc) is 3.34.